The first-order valence-corrected chi connectivity index (χ1v) is 7.03. The van der Waals surface area contributed by atoms with Gasteiger partial charge in [0.25, 0.3) is 0 Å². The van der Waals surface area contributed by atoms with Crippen molar-refractivity contribution in [2.45, 2.75) is 6.61 Å². The molecule has 0 spiro atoms. The SMILES string of the molecule is Cn1ncc2c1ncn1nc(CO/N=C\c3ccccc3)nc21. The second-order valence-corrected chi connectivity index (χ2v) is 4.96. The zero-order chi connectivity index (χ0) is 15.6. The number of fused-ring (bicyclic) bond motifs is 3. The molecule has 0 saturated carbocycles. The first kappa shape index (κ1) is 13.4. The summed E-state index contributed by atoms with van der Waals surface area (Å²) in [6.07, 6.45) is 4.99. The average molecular weight is 307 g/mol. The summed E-state index contributed by atoms with van der Waals surface area (Å²) in [6, 6.07) is 9.72. The molecule has 3 heterocycles. The highest BCUT2D eigenvalue weighted by Crippen LogP contribution is 2.15. The Morgan fingerprint density at radius 1 is 1.22 bits per heavy atom. The molecule has 4 aromatic rings. The lowest BCUT2D eigenvalue weighted by molar-refractivity contribution is 0.126. The second kappa shape index (κ2) is 5.48. The molecule has 0 aliphatic rings. The summed E-state index contributed by atoms with van der Waals surface area (Å²) < 4.78 is 3.31. The van der Waals surface area contributed by atoms with Crippen molar-refractivity contribution in [2.75, 3.05) is 0 Å². The molecule has 0 aliphatic heterocycles. The van der Waals surface area contributed by atoms with Crippen LogP contribution in [0.5, 0.6) is 0 Å². The van der Waals surface area contributed by atoms with E-state index < -0.39 is 0 Å². The van der Waals surface area contributed by atoms with E-state index in [2.05, 4.69) is 25.3 Å². The predicted molar refractivity (Wildman–Crippen MR) is 83.9 cm³/mol. The van der Waals surface area contributed by atoms with Gasteiger partial charge in [-0.25, -0.2) is 14.5 Å². The van der Waals surface area contributed by atoms with Crippen LogP contribution in [0, 0.1) is 0 Å². The normalized spacial score (nSPS) is 11.7. The van der Waals surface area contributed by atoms with Crippen LogP contribution in [0.3, 0.4) is 0 Å². The van der Waals surface area contributed by atoms with Crippen LogP contribution in [0.25, 0.3) is 16.7 Å². The Labute approximate surface area is 131 Å². The van der Waals surface area contributed by atoms with Crippen molar-refractivity contribution < 1.29 is 4.84 Å². The Balaban J connectivity index is 1.53. The summed E-state index contributed by atoms with van der Waals surface area (Å²) in [5, 5.41) is 13.3. The summed E-state index contributed by atoms with van der Waals surface area (Å²) in [6.45, 7) is 0.187. The fraction of sp³-hybridized carbons (Fsp3) is 0.133. The molecule has 0 fully saturated rings. The van der Waals surface area contributed by atoms with Gasteiger partial charge >= 0.3 is 0 Å². The van der Waals surface area contributed by atoms with Gasteiger partial charge in [-0.15, -0.1) is 5.10 Å². The summed E-state index contributed by atoms with van der Waals surface area (Å²) in [5.41, 5.74) is 2.44. The van der Waals surface area contributed by atoms with Gasteiger partial charge in [-0.3, -0.25) is 4.68 Å². The molecule has 0 atom stereocenters. The zero-order valence-electron chi connectivity index (χ0n) is 12.4. The van der Waals surface area contributed by atoms with E-state index in [0.29, 0.717) is 11.5 Å². The molecule has 8 heteroatoms. The van der Waals surface area contributed by atoms with Gasteiger partial charge in [-0.05, 0) is 5.56 Å². The van der Waals surface area contributed by atoms with Crippen LogP contribution in [0.4, 0.5) is 0 Å². The molecule has 23 heavy (non-hydrogen) atoms. The number of benzene rings is 1. The Morgan fingerprint density at radius 3 is 2.96 bits per heavy atom. The van der Waals surface area contributed by atoms with Crippen LogP contribution < -0.4 is 0 Å². The monoisotopic (exact) mass is 307 g/mol. The van der Waals surface area contributed by atoms with Gasteiger partial charge in [-0.2, -0.15) is 5.10 Å². The first-order chi connectivity index (χ1) is 11.3. The topological polar surface area (TPSA) is 82.5 Å². The fourth-order valence-electron chi connectivity index (χ4n) is 2.28. The molecule has 0 N–H and O–H groups in total. The quantitative estimate of drug-likeness (QED) is 0.422. The zero-order valence-corrected chi connectivity index (χ0v) is 12.4. The van der Waals surface area contributed by atoms with Crippen molar-refractivity contribution in [1.82, 2.24) is 29.4 Å². The van der Waals surface area contributed by atoms with Gasteiger partial charge in [0.1, 0.15) is 6.33 Å². The highest BCUT2D eigenvalue weighted by atomic mass is 16.6. The van der Waals surface area contributed by atoms with Crippen molar-refractivity contribution in [1.29, 1.82) is 0 Å². The smallest absolute Gasteiger partial charge is 0.192 e. The molecule has 0 amide bonds. The summed E-state index contributed by atoms with van der Waals surface area (Å²) in [7, 11) is 1.84. The molecule has 0 radical (unpaired) electrons. The van der Waals surface area contributed by atoms with Gasteiger partial charge < -0.3 is 4.84 Å². The molecule has 1 aromatic carbocycles. The number of aryl methyl sites for hydroxylation is 1. The maximum absolute atomic E-state index is 5.26. The van der Waals surface area contributed by atoms with E-state index in [1.54, 1.807) is 27.9 Å². The maximum atomic E-state index is 5.26. The minimum absolute atomic E-state index is 0.187. The number of aromatic nitrogens is 6. The second-order valence-electron chi connectivity index (χ2n) is 4.96. The predicted octanol–water partition coefficient (Wildman–Crippen LogP) is 1.56. The Hall–Kier alpha value is -3.29. The van der Waals surface area contributed by atoms with Crippen molar-refractivity contribution in [2.24, 2.45) is 12.2 Å². The van der Waals surface area contributed by atoms with Gasteiger partial charge in [0.2, 0.25) is 0 Å². The third-order valence-corrected chi connectivity index (χ3v) is 3.38. The van der Waals surface area contributed by atoms with E-state index in [0.717, 1.165) is 16.6 Å². The van der Waals surface area contributed by atoms with Gasteiger partial charge in [0, 0.05) is 7.05 Å². The Morgan fingerprint density at radius 2 is 2.09 bits per heavy atom. The number of hydrogen-bond acceptors (Lipinski definition) is 6. The largest absolute Gasteiger partial charge is 0.387 e. The van der Waals surface area contributed by atoms with E-state index in [1.807, 2.05) is 37.4 Å². The highest BCUT2D eigenvalue weighted by Gasteiger charge is 2.11. The third-order valence-electron chi connectivity index (χ3n) is 3.38. The Bertz CT molecular complexity index is 987. The lowest BCUT2D eigenvalue weighted by Crippen LogP contribution is -1.95. The Kier molecular flexibility index (Phi) is 3.19. The number of oxime groups is 1. The van der Waals surface area contributed by atoms with Gasteiger partial charge in [-0.1, -0.05) is 35.5 Å². The first-order valence-electron chi connectivity index (χ1n) is 7.03. The lowest BCUT2D eigenvalue weighted by atomic mass is 10.2. The minimum Gasteiger partial charge on any atom is -0.387 e. The molecule has 0 aliphatic carbocycles. The van der Waals surface area contributed by atoms with Crippen molar-refractivity contribution in [3.63, 3.8) is 0 Å². The molecular weight excluding hydrogens is 294 g/mol. The number of rotatable bonds is 4. The summed E-state index contributed by atoms with van der Waals surface area (Å²) in [4.78, 5) is 14.0. The lowest BCUT2D eigenvalue weighted by Gasteiger charge is -1.93. The van der Waals surface area contributed by atoms with E-state index in [1.165, 1.54) is 0 Å². The number of hydrogen-bond donors (Lipinski definition) is 0. The van der Waals surface area contributed by atoms with Crippen LogP contribution in [-0.4, -0.2) is 35.6 Å². The van der Waals surface area contributed by atoms with Crippen molar-refractivity contribution in [3.8, 4) is 0 Å². The van der Waals surface area contributed by atoms with Gasteiger partial charge in [0.15, 0.2) is 23.7 Å². The van der Waals surface area contributed by atoms with E-state index in [-0.39, 0.29) is 6.61 Å². The minimum atomic E-state index is 0.187. The standard InChI is InChI=1S/C15H13N7O/c1-21-14-12(8-17-21)15-19-13(20-22(15)10-16-14)9-23-18-7-11-5-3-2-4-6-11/h2-8,10H,9H2,1H3/b18-7-. The van der Waals surface area contributed by atoms with Crippen LogP contribution in [0.2, 0.25) is 0 Å². The molecule has 0 unspecified atom stereocenters. The third kappa shape index (κ3) is 2.50. The van der Waals surface area contributed by atoms with Crippen molar-refractivity contribution in [3.05, 3.63) is 54.2 Å². The number of nitrogens with zero attached hydrogens (tertiary/aromatic N) is 7. The van der Waals surface area contributed by atoms with E-state index >= 15 is 0 Å². The highest BCUT2D eigenvalue weighted by molar-refractivity contribution is 5.88. The molecule has 114 valence electrons. The van der Waals surface area contributed by atoms with Crippen LogP contribution in [0.15, 0.2) is 48.0 Å². The summed E-state index contributed by atoms with van der Waals surface area (Å²) in [5.74, 6) is 0.536. The molecule has 0 saturated heterocycles. The molecular formula is C15H13N7O. The van der Waals surface area contributed by atoms with Crippen LogP contribution >= 0.6 is 0 Å². The molecule has 3 aromatic heterocycles. The molecule has 0 bridgehead atoms. The van der Waals surface area contributed by atoms with E-state index in [9.17, 15) is 0 Å². The van der Waals surface area contributed by atoms with Crippen molar-refractivity contribution >= 4 is 22.9 Å². The fourth-order valence-corrected chi connectivity index (χ4v) is 2.28. The van der Waals surface area contributed by atoms with Gasteiger partial charge in [0.05, 0.1) is 17.8 Å². The molecule has 8 nitrogen and oxygen atoms in total. The maximum Gasteiger partial charge on any atom is 0.192 e. The van der Waals surface area contributed by atoms with Crippen LogP contribution in [0.1, 0.15) is 11.4 Å². The molecule has 4 rings (SSSR count). The summed E-state index contributed by atoms with van der Waals surface area (Å²) >= 11 is 0. The van der Waals surface area contributed by atoms with E-state index in [4.69, 9.17) is 4.84 Å². The average Bonchev–Trinajstić information content (AvgIpc) is 3.16. The van der Waals surface area contributed by atoms with Crippen LogP contribution in [-0.2, 0) is 18.5 Å².